The molecule has 4 aromatic carbocycles. The van der Waals surface area contributed by atoms with Gasteiger partial charge in [-0.2, -0.15) is 5.26 Å². The summed E-state index contributed by atoms with van der Waals surface area (Å²) in [5, 5.41) is 14.6. The molecule has 0 unspecified atom stereocenters. The number of nitrogens with zero attached hydrogens (tertiary/aromatic N) is 1. The molecule has 0 aliphatic carbocycles. The monoisotopic (exact) mass is 660 g/mol. The van der Waals surface area contributed by atoms with Gasteiger partial charge < -0.3 is 19.5 Å². The van der Waals surface area contributed by atoms with Crippen molar-refractivity contribution in [3.8, 4) is 23.3 Å². The van der Waals surface area contributed by atoms with Gasteiger partial charge in [-0.1, -0.05) is 70.1 Å². The molecule has 0 saturated carbocycles. The number of methoxy groups -OCH3 is 1. The molecule has 0 heterocycles. The largest absolute Gasteiger partial charge is 0.493 e. The van der Waals surface area contributed by atoms with E-state index < -0.39 is 5.91 Å². The minimum atomic E-state index is -0.605. The Morgan fingerprint density at radius 3 is 1.95 bits per heavy atom. The molecule has 0 atom stereocenters. The Bertz CT molecular complexity index is 1680. The molecule has 214 valence electrons. The van der Waals surface area contributed by atoms with E-state index in [-0.39, 0.29) is 29.6 Å². The van der Waals surface area contributed by atoms with Crippen LogP contribution in [0.5, 0.6) is 17.2 Å². The van der Waals surface area contributed by atoms with E-state index in [4.69, 9.17) is 72.2 Å². The first-order valence-electron chi connectivity index (χ1n) is 12.2. The molecule has 1 amide bonds. The summed E-state index contributed by atoms with van der Waals surface area (Å²) in [5.41, 5.74) is 2.28. The summed E-state index contributed by atoms with van der Waals surface area (Å²) in [4.78, 5) is 12.9. The Morgan fingerprint density at radius 1 is 0.810 bits per heavy atom. The van der Waals surface area contributed by atoms with Gasteiger partial charge in [-0.15, -0.1) is 0 Å². The highest BCUT2D eigenvalue weighted by Crippen LogP contribution is 2.38. The van der Waals surface area contributed by atoms with Crippen molar-refractivity contribution in [2.45, 2.75) is 13.2 Å². The second-order valence-corrected chi connectivity index (χ2v) is 10.8. The van der Waals surface area contributed by atoms with Crippen molar-refractivity contribution in [3.63, 3.8) is 0 Å². The van der Waals surface area contributed by atoms with Crippen LogP contribution in [0.3, 0.4) is 0 Å². The number of rotatable bonds is 10. The predicted molar refractivity (Wildman–Crippen MR) is 168 cm³/mol. The average molecular weight is 663 g/mol. The van der Waals surface area contributed by atoms with Crippen LogP contribution in [0.1, 0.15) is 16.7 Å². The Balaban J connectivity index is 1.42. The third-order valence-electron chi connectivity index (χ3n) is 5.84. The van der Waals surface area contributed by atoms with E-state index in [1.165, 1.54) is 13.2 Å². The number of anilines is 1. The van der Waals surface area contributed by atoms with Gasteiger partial charge in [-0.3, -0.25) is 4.79 Å². The van der Waals surface area contributed by atoms with Gasteiger partial charge in [0.2, 0.25) is 0 Å². The molecule has 0 spiro atoms. The summed E-state index contributed by atoms with van der Waals surface area (Å²) in [5.74, 6) is 0.558. The Kier molecular flexibility index (Phi) is 10.9. The lowest BCUT2D eigenvalue weighted by Crippen LogP contribution is -2.13. The van der Waals surface area contributed by atoms with Crippen LogP contribution in [0, 0.1) is 11.3 Å². The molecule has 4 rings (SSSR count). The molecule has 1 N–H and O–H groups in total. The van der Waals surface area contributed by atoms with Crippen LogP contribution in [0.25, 0.3) is 6.08 Å². The van der Waals surface area contributed by atoms with Gasteiger partial charge in [-0.05, 0) is 72.3 Å². The quantitative estimate of drug-likeness (QED) is 0.135. The molecular weight excluding hydrogens is 642 g/mol. The molecule has 0 aromatic heterocycles. The minimum absolute atomic E-state index is 0.117. The summed E-state index contributed by atoms with van der Waals surface area (Å²) in [6, 6.07) is 22.0. The number of carbonyl (C=O) groups excluding carboxylic acids is 1. The molecule has 0 saturated heterocycles. The molecule has 42 heavy (non-hydrogen) atoms. The van der Waals surface area contributed by atoms with Crippen molar-refractivity contribution in [1.29, 1.82) is 5.26 Å². The highest BCUT2D eigenvalue weighted by atomic mass is 35.5. The standard InChI is InChI=1S/C31H21Cl5N2O4/c1-40-29-12-18(11-28(36)30(29)42-17-20-3-5-23(33)14-27(20)35)10-21(15-37)31(39)38-24-6-8-25(9-7-24)41-16-19-2-4-22(32)13-26(19)34/h2-14H,16-17H2,1H3,(H,38,39)/b21-10+. The fourth-order valence-electron chi connectivity index (χ4n) is 3.70. The number of ether oxygens (including phenoxy) is 3. The SMILES string of the molecule is COc1cc(/C=C(\C#N)C(=O)Nc2ccc(OCc3ccc(Cl)cc3Cl)cc2)cc(Cl)c1OCc1ccc(Cl)cc1Cl. The van der Waals surface area contributed by atoms with E-state index >= 15 is 0 Å². The number of nitriles is 1. The van der Waals surface area contributed by atoms with E-state index in [1.54, 1.807) is 72.8 Å². The molecule has 0 radical (unpaired) electrons. The topological polar surface area (TPSA) is 80.6 Å². The first kappa shape index (κ1) is 31.4. The highest BCUT2D eigenvalue weighted by molar-refractivity contribution is 6.35. The molecule has 11 heteroatoms. The third kappa shape index (κ3) is 8.25. The van der Waals surface area contributed by atoms with Crippen LogP contribution in [0.2, 0.25) is 25.1 Å². The van der Waals surface area contributed by atoms with Gasteiger partial charge in [0.1, 0.15) is 30.6 Å². The Hall–Kier alpha value is -3.57. The van der Waals surface area contributed by atoms with Gasteiger partial charge in [0.25, 0.3) is 5.91 Å². The Morgan fingerprint density at radius 2 is 1.40 bits per heavy atom. The van der Waals surface area contributed by atoms with Crippen LogP contribution in [0.15, 0.2) is 78.4 Å². The van der Waals surface area contributed by atoms with Crippen molar-refractivity contribution >= 4 is 75.7 Å². The van der Waals surface area contributed by atoms with E-state index in [2.05, 4.69) is 5.32 Å². The van der Waals surface area contributed by atoms with Crippen molar-refractivity contribution in [1.82, 2.24) is 0 Å². The van der Waals surface area contributed by atoms with Crippen molar-refractivity contribution in [2.75, 3.05) is 12.4 Å². The zero-order valence-electron chi connectivity index (χ0n) is 21.9. The highest BCUT2D eigenvalue weighted by Gasteiger charge is 2.15. The van der Waals surface area contributed by atoms with Gasteiger partial charge in [-0.25, -0.2) is 0 Å². The number of benzene rings is 4. The molecule has 6 nitrogen and oxygen atoms in total. The molecular formula is C31H21Cl5N2O4. The maximum Gasteiger partial charge on any atom is 0.266 e. The normalized spacial score (nSPS) is 11.0. The number of hydrogen-bond acceptors (Lipinski definition) is 5. The second kappa shape index (κ2) is 14.6. The van der Waals surface area contributed by atoms with Crippen LogP contribution in [-0.2, 0) is 18.0 Å². The predicted octanol–water partition coefficient (Wildman–Crippen LogP) is 9.67. The van der Waals surface area contributed by atoms with Crippen LogP contribution in [0.4, 0.5) is 5.69 Å². The smallest absolute Gasteiger partial charge is 0.266 e. The number of halogens is 5. The van der Waals surface area contributed by atoms with E-state index in [9.17, 15) is 10.1 Å². The van der Waals surface area contributed by atoms with E-state index in [0.717, 1.165) is 5.56 Å². The lowest BCUT2D eigenvalue weighted by molar-refractivity contribution is -0.112. The second-order valence-electron chi connectivity index (χ2n) is 8.73. The fraction of sp³-hybridized carbons (Fsp3) is 0.0968. The summed E-state index contributed by atoms with van der Waals surface area (Å²) in [6.07, 6.45) is 1.40. The number of nitrogens with one attached hydrogen (secondary N) is 1. The van der Waals surface area contributed by atoms with Crippen LogP contribution >= 0.6 is 58.0 Å². The molecule has 4 aromatic rings. The maximum absolute atomic E-state index is 12.9. The van der Waals surface area contributed by atoms with Crippen LogP contribution in [-0.4, -0.2) is 13.0 Å². The van der Waals surface area contributed by atoms with Crippen molar-refractivity contribution in [2.24, 2.45) is 0 Å². The Labute approximate surface area is 267 Å². The summed E-state index contributed by atoms with van der Waals surface area (Å²) in [7, 11) is 1.45. The molecule has 0 aliphatic heterocycles. The van der Waals surface area contributed by atoms with Gasteiger partial charge in [0.05, 0.1) is 12.1 Å². The van der Waals surface area contributed by atoms with Crippen LogP contribution < -0.4 is 19.5 Å². The lowest BCUT2D eigenvalue weighted by atomic mass is 10.1. The molecule has 0 bridgehead atoms. The van der Waals surface area contributed by atoms with Crippen molar-refractivity contribution < 1.29 is 19.0 Å². The summed E-state index contributed by atoms with van der Waals surface area (Å²) >= 11 is 30.8. The number of carbonyl (C=O) groups is 1. The maximum atomic E-state index is 12.9. The average Bonchev–Trinajstić information content (AvgIpc) is 2.96. The summed E-state index contributed by atoms with van der Waals surface area (Å²) < 4.78 is 17.1. The van der Waals surface area contributed by atoms with E-state index in [1.807, 2.05) is 6.07 Å². The minimum Gasteiger partial charge on any atom is -0.493 e. The van der Waals surface area contributed by atoms with Crippen molar-refractivity contribution in [3.05, 3.63) is 120 Å². The number of hydrogen-bond donors (Lipinski definition) is 1. The first-order valence-corrected chi connectivity index (χ1v) is 14.1. The molecule has 0 aliphatic rings. The fourth-order valence-corrected chi connectivity index (χ4v) is 4.90. The third-order valence-corrected chi connectivity index (χ3v) is 7.29. The molecule has 0 fully saturated rings. The zero-order chi connectivity index (χ0) is 30.2. The number of amides is 1. The van der Waals surface area contributed by atoms with E-state index in [0.29, 0.717) is 48.4 Å². The summed E-state index contributed by atoms with van der Waals surface area (Å²) in [6.45, 7) is 0.361. The van der Waals surface area contributed by atoms with Gasteiger partial charge >= 0.3 is 0 Å². The zero-order valence-corrected chi connectivity index (χ0v) is 25.7. The first-order chi connectivity index (χ1) is 20.2. The van der Waals surface area contributed by atoms with Gasteiger partial charge in [0.15, 0.2) is 11.5 Å². The lowest BCUT2D eigenvalue weighted by Gasteiger charge is -2.14. The van der Waals surface area contributed by atoms with Gasteiger partial charge in [0, 0.05) is 36.9 Å².